The average molecular weight is 289 g/mol. The Morgan fingerprint density at radius 1 is 1.21 bits per heavy atom. The molecule has 2 rings (SSSR count). The van der Waals surface area contributed by atoms with Gasteiger partial charge in [-0.1, -0.05) is 6.08 Å². The van der Waals surface area contributed by atoms with Crippen molar-refractivity contribution in [2.24, 2.45) is 0 Å². The van der Waals surface area contributed by atoms with E-state index in [2.05, 4.69) is 16.8 Å². The molecule has 1 saturated heterocycles. The SMILES string of the molecule is C=CC[C@H](c1cc(F)cc(F)c1)N1CCNCC1.Cl. The van der Waals surface area contributed by atoms with E-state index in [-0.39, 0.29) is 18.4 Å². The molecule has 0 unspecified atom stereocenters. The van der Waals surface area contributed by atoms with Gasteiger partial charge in [0.15, 0.2) is 0 Å². The number of nitrogens with one attached hydrogen (secondary N) is 1. The van der Waals surface area contributed by atoms with E-state index in [4.69, 9.17) is 0 Å². The van der Waals surface area contributed by atoms with Crippen LogP contribution in [0.25, 0.3) is 0 Å². The van der Waals surface area contributed by atoms with Gasteiger partial charge < -0.3 is 5.32 Å². The van der Waals surface area contributed by atoms with Crippen molar-refractivity contribution in [2.75, 3.05) is 26.2 Å². The maximum Gasteiger partial charge on any atom is 0.126 e. The first-order chi connectivity index (χ1) is 8.70. The van der Waals surface area contributed by atoms with Gasteiger partial charge in [0.05, 0.1) is 0 Å². The minimum atomic E-state index is -0.519. The summed E-state index contributed by atoms with van der Waals surface area (Å²) < 4.78 is 26.6. The lowest BCUT2D eigenvalue weighted by Gasteiger charge is -2.34. The van der Waals surface area contributed by atoms with Crippen LogP contribution in [0, 0.1) is 11.6 Å². The van der Waals surface area contributed by atoms with Gasteiger partial charge in [0.1, 0.15) is 11.6 Å². The van der Waals surface area contributed by atoms with Gasteiger partial charge in [-0.2, -0.15) is 0 Å². The van der Waals surface area contributed by atoms with E-state index in [9.17, 15) is 8.78 Å². The molecule has 1 N–H and O–H groups in total. The van der Waals surface area contributed by atoms with Crippen LogP contribution in [0.1, 0.15) is 18.0 Å². The molecule has 1 aromatic carbocycles. The van der Waals surface area contributed by atoms with E-state index in [0.717, 1.165) is 32.2 Å². The molecule has 0 aromatic heterocycles. The van der Waals surface area contributed by atoms with Crippen molar-refractivity contribution in [3.8, 4) is 0 Å². The van der Waals surface area contributed by atoms with E-state index in [1.165, 1.54) is 12.1 Å². The molecule has 2 nitrogen and oxygen atoms in total. The summed E-state index contributed by atoms with van der Waals surface area (Å²) in [5, 5.41) is 3.27. The van der Waals surface area contributed by atoms with Crippen LogP contribution in [0.3, 0.4) is 0 Å². The Morgan fingerprint density at radius 2 is 1.79 bits per heavy atom. The molecule has 0 radical (unpaired) electrons. The first-order valence-corrected chi connectivity index (χ1v) is 6.22. The molecule has 1 aliphatic rings. The fourth-order valence-corrected chi connectivity index (χ4v) is 2.42. The van der Waals surface area contributed by atoms with E-state index in [0.29, 0.717) is 12.0 Å². The van der Waals surface area contributed by atoms with Crippen LogP contribution in [-0.4, -0.2) is 31.1 Å². The molecule has 1 fully saturated rings. The summed E-state index contributed by atoms with van der Waals surface area (Å²) >= 11 is 0. The zero-order chi connectivity index (χ0) is 13.0. The standard InChI is InChI=1S/C14H18F2N2.ClH/c1-2-3-14(18-6-4-17-5-7-18)11-8-12(15)10-13(16)9-11;/h2,8-10,14,17H,1,3-7H2;1H/t14-;/m1./s1. The molecule has 0 amide bonds. The molecule has 0 saturated carbocycles. The fourth-order valence-electron chi connectivity index (χ4n) is 2.42. The summed E-state index contributed by atoms with van der Waals surface area (Å²) in [5.74, 6) is -1.04. The summed E-state index contributed by atoms with van der Waals surface area (Å²) in [6, 6.07) is 3.75. The first kappa shape index (κ1) is 16.1. The normalized spacial score (nSPS) is 17.6. The maximum absolute atomic E-state index is 13.3. The van der Waals surface area contributed by atoms with Gasteiger partial charge in [0.2, 0.25) is 0 Å². The lowest BCUT2D eigenvalue weighted by Crippen LogP contribution is -2.45. The predicted molar refractivity (Wildman–Crippen MR) is 75.6 cm³/mol. The minimum Gasteiger partial charge on any atom is -0.314 e. The summed E-state index contributed by atoms with van der Waals surface area (Å²) in [5.41, 5.74) is 0.689. The van der Waals surface area contributed by atoms with Gasteiger partial charge in [0.25, 0.3) is 0 Å². The lowest BCUT2D eigenvalue weighted by atomic mass is 10.0. The summed E-state index contributed by atoms with van der Waals surface area (Å²) in [6.45, 7) is 7.32. The second-order valence-electron chi connectivity index (χ2n) is 4.53. The van der Waals surface area contributed by atoms with E-state index in [1.807, 2.05) is 0 Å². The number of nitrogens with zero attached hydrogens (tertiary/aromatic N) is 1. The summed E-state index contributed by atoms with van der Waals surface area (Å²) in [4.78, 5) is 2.24. The maximum atomic E-state index is 13.3. The van der Waals surface area contributed by atoms with Gasteiger partial charge in [-0.25, -0.2) is 8.78 Å². The number of benzene rings is 1. The number of hydrogen-bond acceptors (Lipinski definition) is 2. The first-order valence-electron chi connectivity index (χ1n) is 6.22. The number of piperazine rings is 1. The Bertz CT molecular complexity index is 400. The molecule has 1 aromatic rings. The smallest absolute Gasteiger partial charge is 0.126 e. The quantitative estimate of drug-likeness (QED) is 0.857. The summed E-state index contributed by atoms with van der Waals surface area (Å²) in [7, 11) is 0. The molecule has 19 heavy (non-hydrogen) atoms. The van der Waals surface area contributed by atoms with Gasteiger partial charge in [-0.3, -0.25) is 4.90 Å². The van der Waals surface area contributed by atoms with Crippen molar-refractivity contribution >= 4 is 12.4 Å². The molecule has 106 valence electrons. The van der Waals surface area contributed by atoms with Crippen LogP contribution in [0.4, 0.5) is 8.78 Å². The molecule has 5 heteroatoms. The molecular weight excluding hydrogens is 270 g/mol. The van der Waals surface area contributed by atoms with Crippen LogP contribution in [0.5, 0.6) is 0 Å². The molecule has 1 aliphatic heterocycles. The van der Waals surface area contributed by atoms with Crippen LogP contribution < -0.4 is 5.32 Å². The zero-order valence-electron chi connectivity index (χ0n) is 10.7. The monoisotopic (exact) mass is 288 g/mol. The second-order valence-corrected chi connectivity index (χ2v) is 4.53. The van der Waals surface area contributed by atoms with E-state index in [1.54, 1.807) is 6.08 Å². The van der Waals surface area contributed by atoms with Gasteiger partial charge in [-0.05, 0) is 24.1 Å². The second kappa shape index (κ2) is 7.58. The fraction of sp³-hybridized carbons (Fsp3) is 0.429. The molecule has 1 heterocycles. The minimum absolute atomic E-state index is 0. The van der Waals surface area contributed by atoms with Crippen molar-refractivity contribution in [1.29, 1.82) is 0 Å². The van der Waals surface area contributed by atoms with Crippen molar-refractivity contribution < 1.29 is 8.78 Å². The zero-order valence-corrected chi connectivity index (χ0v) is 11.6. The third-order valence-corrected chi connectivity index (χ3v) is 3.25. The highest BCUT2D eigenvalue weighted by molar-refractivity contribution is 5.85. The molecule has 0 aliphatic carbocycles. The van der Waals surface area contributed by atoms with Gasteiger partial charge in [0, 0.05) is 38.3 Å². The van der Waals surface area contributed by atoms with Crippen LogP contribution in [0.2, 0.25) is 0 Å². The highest BCUT2D eigenvalue weighted by atomic mass is 35.5. The largest absolute Gasteiger partial charge is 0.314 e. The summed E-state index contributed by atoms with van der Waals surface area (Å²) in [6.07, 6.45) is 2.50. The van der Waals surface area contributed by atoms with E-state index < -0.39 is 11.6 Å². The highest BCUT2D eigenvalue weighted by Gasteiger charge is 2.21. The lowest BCUT2D eigenvalue weighted by molar-refractivity contribution is 0.174. The Hall–Kier alpha value is -0.970. The molecule has 1 atom stereocenters. The Balaban J connectivity index is 0.00000180. The highest BCUT2D eigenvalue weighted by Crippen LogP contribution is 2.26. The van der Waals surface area contributed by atoms with Crippen LogP contribution in [-0.2, 0) is 0 Å². The number of hydrogen-bond donors (Lipinski definition) is 1. The molecule has 0 spiro atoms. The average Bonchev–Trinajstić information content (AvgIpc) is 2.36. The Morgan fingerprint density at radius 3 is 2.32 bits per heavy atom. The Labute approximate surface area is 118 Å². The van der Waals surface area contributed by atoms with Crippen molar-refractivity contribution in [3.05, 3.63) is 48.1 Å². The van der Waals surface area contributed by atoms with Crippen LogP contribution in [0.15, 0.2) is 30.9 Å². The molecule has 0 bridgehead atoms. The van der Waals surface area contributed by atoms with Gasteiger partial charge in [-0.15, -0.1) is 19.0 Å². The Kier molecular flexibility index (Phi) is 6.42. The van der Waals surface area contributed by atoms with Crippen molar-refractivity contribution in [1.82, 2.24) is 10.2 Å². The number of rotatable bonds is 4. The van der Waals surface area contributed by atoms with Crippen molar-refractivity contribution in [2.45, 2.75) is 12.5 Å². The van der Waals surface area contributed by atoms with Crippen molar-refractivity contribution in [3.63, 3.8) is 0 Å². The third-order valence-electron chi connectivity index (χ3n) is 3.25. The topological polar surface area (TPSA) is 15.3 Å². The van der Waals surface area contributed by atoms with E-state index >= 15 is 0 Å². The van der Waals surface area contributed by atoms with Crippen LogP contribution >= 0.6 is 12.4 Å². The molecular formula is C14H19ClF2N2. The number of halogens is 3. The predicted octanol–water partition coefficient (Wildman–Crippen LogP) is 2.91. The third kappa shape index (κ3) is 4.27. The van der Waals surface area contributed by atoms with Gasteiger partial charge >= 0.3 is 0 Å².